The van der Waals surface area contributed by atoms with E-state index in [9.17, 15) is 18.0 Å². The fraction of sp³-hybridized carbons (Fsp3) is 0.500. The molecule has 0 spiro atoms. The summed E-state index contributed by atoms with van der Waals surface area (Å²) in [5.74, 6) is -1.09. The van der Waals surface area contributed by atoms with Crippen LogP contribution in [-0.4, -0.2) is 48.9 Å². The molecule has 0 radical (unpaired) electrons. The van der Waals surface area contributed by atoms with Crippen LogP contribution >= 0.6 is 0 Å². The van der Waals surface area contributed by atoms with Gasteiger partial charge in [0.25, 0.3) is 5.91 Å². The number of nitrogens with one attached hydrogen (secondary N) is 1. The molecular formula is C22H29N3O6S. The molecule has 3 rings (SSSR count). The molecule has 2 atom stereocenters. The van der Waals surface area contributed by atoms with Gasteiger partial charge in [-0.1, -0.05) is 35.5 Å². The summed E-state index contributed by atoms with van der Waals surface area (Å²) in [4.78, 5) is 25.1. The number of hydrogen-bond acceptors (Lipinski definition) is 7. The van der Waals surface area contributed by atoms with Crippen LogP contribution in [0.1, 0.15) is 49.7 Å². The average Bonchev–Trinajstić information content (AvgIpc) is 3.12. The molecule has 1 aromatic heterocycles. The molecule has 9 nitrogen and oxygen atoms in total. The Morgan fingerprint density at radius 3 is 2.34 bits per heavy atom. The first-order valence-corrected chi connectivity index (χ1v) is 12.0. The summed E-state index contributed by atoms with van der Waals surface area (Å²) < 4.78 is 37.5. The van der Waals surface area contributed by atoms with Crippen molar-refractivity contribution in [3.8, 4) is 0 Å². The minimum atomic E-state index is -3.74. The predicted octanol–water partition coefficient (Wildman–Crippen LogP) is 2.50. The van der Waals surface area contributed by atoms with E-state index in [0.29, 0.717) is 18.5 Å². The van der Waals surface area contributed by atoms with Crippen molar-refractivity contribution in [2.75, 3.05) is 13.1 Å². The van der Waals surface area contributed by atoms with E-state index in [0.717, 1.165) is 5.56 Å². The Morgan fingerprint density at radius 1 is 1.16 bits per heavy atom. The van der Waals surface area contributed by atoms with Crippen molar-refractivity contribution in [3.63, 3.8) is 0 Å². The van der Waals surface area contributed by atoms with Gasteiger partial charge in [-0.15, -0.1) is 0 Å². The molecule has 1 fully saturated rings. The highest BCUT2D eigenvalue weighted by Gasteiger charge is 2.36. The number of carbonyl (C=O) groups is 2. The number of carbonyl (C=O) groups excluding carboxylic acids is 2. The minimum absolute atomic E-state index is 0.0800. The highest BCUT2D eigenvalue weighted by atomic mass is 32.2. The Hall–Kier alpha value is -2.72. The van der Waals surface area contributed by atoms with Gasteiger partial charge in [0.15, 0.2) is 11.9 Å². The number of esters is 1. The normalized spacial score (nSPS) is 17.5. The zero-order valence-corrected chi connectivity index (χ0v) is 19.5. The van der Waals surface area contributed by atoms with Crippen molar-refractivity contribution in [2.24, 2.45) is 5.92 Å². The van der Waals surface area contributed by atoms with E-state index < -0.39 is 28.0 Å². The zero-order valence-electron chi connectivity index (χ0n) is 18.7. The van der Waals surface area contributed by atoms with Gasteiger partial charge >= 0.3 is 5.97 Å². The van der Waals surface area contributed by atoms with Crippen molar-refractivity contribution in [1.82, 2.24) is 14.8 Å². The molecular weight excluding hydrogens is 434 g/mol. The molecule has 2 heterocycles. The lowest BCUT2D eigenvalue weighted by Gasteiger charge is -2.30. The maximum atomic E-state index is 12.9. The number of ether oxygens (including phenoxy) is 1. The van der Waals surface area contributed by atoms with Crippen LogP contribution in [0.25, 0.3) is 0 Å². The molecule has 1 amide bonds. The van der Waals surface area contributed by atoms with Crippen LogP contribution in [0.3, 0.4) is 0 Å². The second-order valence-corrected chi connectivity index (χ2v) is 9.93. The Bertz CT molecular complexity index is 1040. The van der Waals surface area contributed by atoms with E-state index in [1.807, 2.05) is 37.3 Å². The third-order valence-corrected chi connectivity index (χ3v) is 7.82. The molecule has 1 aliphatic rings. The maximum absolute atomic E-state index is 12.9. The van der Waals surface area contributed by atoms with Gasteiger partial charge in [-0.3, -0.25) is 9.59 Å². The van der Waals surface area contributed by atoms with Gasteiger partial charge < -0.3 is 14.6 Å². The van der Waals surface area contributed by atoms with E-state index in [1.54, 1.807) is 13.8 Å². The topological polar surface area (TPSA) is 119 Å². The molecule has 32 heavy (non-hydrogen) atoms. The monoisotopic (exact) mass is 463 g/mol. The second-order valence-electron chi connectivity index (χ2n) is 8.05. The van der Waals surface area contributed by atoms with Gasteiger partial charge in [-0.2, -0.15) is 4.31 Å². The summed E-state index contributed by atoms with van der Waals surface area (Å²) >= 11 is 0. The molecule has 2 aromatic rings. The number of nitrogens with zero attached hydrogens (tertiary/aromatic N) is 2. The number of aromatic nitrogens is 1. The lowest BCUT2D eigenvalue weighted by atomic mass is 9.98. The largest absolute Gasteiger partial charge is 0.452 e. The van der Waals surface area contributed by atoms with E-state index in [1.165, 1.54) is 11.2 Å². The number of benzene rings is 1. The van der Waals surface area contributed by atoms with E-state index in [4.69, 9.17) is 9.26 Å². The summed E-state index contributed by atoms with van der Waals surface area (Å²) in [6.07, 6.45) is -0.315. The van der Waals surface area contributed by atoms with Crippen LogP contribution in [0, 0.1) is 19.8 Å². The number of sulfonamides is 1. The molecule has 1 saturated heterocycles. The average molecular weight is 464 g/mol. The predicted molar refractivity (Wildman–Crippen MR) is 116 cm³/mol. The first kappa shape index (κ1) is 23.9. The Morgan fingerprint density at radius 2 is 1.78 bits per heavy atom. The molecule has 0 aliphatic carbocycles. The van der Waals surface area contributed by atoms with Crippen LogP contribution in [0.2, 0.25) is 0 Å². The standard InChI is InChI=1S/C22H29N3O6S/c1-14(18-8-6-5-7-9-18)23-21(26)17(4)30-22(27)19-10-12-25(13-11-19)32(28,29)20-15(2)24-31-16(20)3/h5-9,14,17,19H,10-13H2,1-4H3,(H,23,26). The van der Waals surface area contributed by atoms with E-state index in [2.05, 4.69) is 10.5 Å². The summed E-state index contributed by atoms with van der Waals surface area (Å²) in [5, 5.41) is 6.56. The van der Waals surface area contributed by atoms with Gasteiger partial charge in [-0.25, -0.2) is 8.42 Å². The molecule has 1 aromatic carbocycles. The Labute approximate surface area is 188 Å². The van der Waals surface area contributed by atoms with Crippen LogP contribution in [-0.2, 0) is 24.3 Å². The highest BCUT2D eigenvalue weighted by Crippen LogP contribution is 2.28. The summed E-state index contributed by atoms with van der Waals surface area (Å²) in [5.41, 5.74) is 1.26. The second kappa shape index (κ2) is 9.83. The Kier molecular flexibility index (Phi) is 7.35. The van der Waals surface area contributed by atoms with Crippen LogP contribution in [0.15, 0.2) is 39.8 Å². The summed E-state index contributed by atoms with van der Waals surface area (Å²) in [6, 6.07) is 9.27. The molecule has 10 heteroatoms. The quantitative estimate of drug-likeness (QED) is 0.627. The molecule has 174 valence electrons. The van der Waals surface area contributed by atoms with Crippen LogP contribution in [0.5, 0.6) is 0 Å². The third-order valence-electron chi connectivity index (χ3n) is 5.67. The van der Waals surface area contributed by atoms with Crippen molar-refractivity contribution in [2.45, 2.75) is 57.6 Å². The highest BCUT2D eigenvalue weighted by molar-refractivity contribution is 7.89. The van der Waals surface area contributed by atoms with Crippen molar-refractivity contribution in [1.29, 1.82) is 0 Å². The molecule has 1 aliphatic heterocycles. The van der Waals surface area contributed by atoms with Crippen LogP contribution < -0.4 is 5.32 Å². The molecule has 0 bridgehead atoms. The van der Waals surface area contributed by atoms with Gasteiger partial charge in [0, 0.05) is 13.1 Å². The fourth-order valence-electron chi connectivity index (χ4n) is 3.78. The summed E-state index contributed by atoms with van der Waals surface area (Å²) in [6.45, 7) is 6.88. The number of aryl methyl sites for hydroxylation is 2. The smallest absolute Gasteiger partial charge is 0.309 e. The first-order chi connectivity index (χ1) is 15.1. The Balaban J connectivity index is 1.52. The SMILES string of the molecule is Cc1noc(C)c1S(=O)(=O)N1CCC(C(=O)OC(C)C(=O)NC(C)c2ccccc2)CC1. The van der Waals surface area contributed by atoms with Crippen LogP contribution in [0.4, 0.5) is 0 Å². The summed E-state index contributed by atoms with van der Waals surface area (Å²) in [7, 11) is -3.74. The fourth-order valence-corrected chi connectivity index (χ4v) is 5.54. The molecule has 2 unspecified atom stereocenters. The first-order valence-electron chi connectivity index (χ1n) is 10.6. The number of amides is 1. The van der Waals surface area contributed by atoms with Crippen molar-refractivity contribution < 1.29 is 27.3 Å². The molecule has 0 saturated carbocycles. The number of rotatable bonds is 7. The minimum Gasteiger partial charge on any atom is -0.452 e. The van der Waals surface area contributed by atoms with Gasteiger partial charge in [0.05, 0.1) is 12.0 Å². The third kappa shape index (κ3) is 5.18. The van der Waals surface area contributed by atoms with E-state index in [-0.39, 0.29) is 35.7 Å². The van der Waals surface area contributed by atoms with Crippen molar-refractivity contribution in [3.05, 3.63) is 47.3 Å². The van der Waals surface area contributed by atoms with Crippen molar-refractivity contribution >= 4 is 21.9 Å². The zero-order chi connectivity index (χ0) is 23.5. The van der Waals surface area contributed by atoms with Gasteiger partial charge in [-0.05, 0) is 46.1 Å². The lowest BCUT2D eigenvalue weighted by molar-refractivity contribution is -0.160. The molecule has 1 N–H and O–H groups in total. The van der Waals surface area contributed by atoms with Gasteiger partial charge in [0.2, 0.25) is 10.0 Å². The van der Waals surface area contributed by atoms with E-state index >= 15 is 0 Å². The number of hydrogen-bond donors (Lipinski definition) is 1. The lowest BCUT2D eigenvalue weighted by Crippen LogP contribution is -2.43. The maximum Gasteiger partial charge on any atom is 0.309 e. The van der Waals surface area contributed by atoms with Gasteiger partial charge in [0.1, 0.15) is 10.6 Å². The number of piperidine rings is 1.